The van der Waals surface area contributed by atoms with Gasteiger partial charge in [0.2, 0.25) is 0 Å². The molecule has 0 unspecified atom stereocenters. The summed E-state index contributed by atoms with van der Waals surface area (Å²) in [6.45, 7) is 0. The van der Waals surface area contributed by atoms with Crippen LogP contribution in [0.1, 0.15) is 16.3 Å². The highest BCUT2D eigenvalue weighted by Crippen LogP contribution is 2.17. The third-order valence-corrected chi connectivity index (χ3v) is 3.08. The normalized spacial score (nSPS) is 10.2. The molecule has 0 fully saturated rings. The van der Waals surface area contributed by atoms with Gasteiger partial charge in [-0.3, -0.25) is 0 Å². The Balaban J connectivity index is 2.08. The van der Waals surface area contributed by atoms with Crippen LogP contribution in [0.4, 0.5) is 0 Å². The zero-order valence-electron chi connectivity index (χ0n) is 8.59. The lowest BCUT2D eigenvalue weighted by molar-refractivity contribution is -0.107. The quantitative estimate of drug-likeness (QED) is 0.823. The Morgan fingerprint density at radius 1 is 1.31 bits per heavy atom. The second-order valence-corrected chi connectivity index (χ2v) is 4.39. The molecule has 82 valence electrons. The SMILES string of the molecule is O=CCc1csc(Cc2ccc(O)cc2)n1. The summed E-state index contributed by atoms with van der Waals surface area (Å²) >= 11 is 1.56. The fraction of sp³-hybridized carbons (Fsp3) is 0.167. The van der Waals surface area contributed by atoms with Crippen molar-refractivity contribution >= 4 is 17.6 Å². The molecule has 3 nitrogen and oxygen atoms in total. The van der Waals surface area contributed by atoms with Gasteiger partial charge in [-0.05, 0) is 17.7 Å². The molecule has 0 aliphatic heterocycles. The second-order valence-electron chi connectivity index (χ2n) is 3.45. The molecule has 0 bridgehead atoms. The van der Waals surface area contributed by atoms with Crippen LogP contribution in [0.5, 0.6) is 5.75 Å². The van der Waals surface area contributed by atoms with Crippen molar-refractivity contribution in [1.29, 1.82) is 0 Å². The number of aromatic nitrogens is 1. The second kappa shape index (κ2) is 4.90. The molecule has 0 amide bonds. The minimum absolute atomic E-state index is 0.268. The van der Waals surface area contributed by atoms with Crippen molar-refractivity contribution in [3.05, 3.63) is 45.9 Å². The summed E-state index contributed by atoms with van der Waals surface area (Å²) in [4.78, 5) is 14.7. The number of aromatic hydroxyl groups is 1. The first-order valence-electron chi connectivity index (χ1n) is 4.93. The Morgan fingerprint density at radius 2 is 2.06 bits per heavy atom. The van der Waals surface area contributed by atoms with Gasteiger partial charge in [0.25, 0.3) is 0 Å². The van der Waals surface area contributed by atoms with E-state index in [0.717, 1.165) is 29.0 Å². The van der Waals surface area contributed by atoms with E-state index in [0.29, 0.717) is 6.42 Å². The van der Waals surface area contributed by atoms with Crippen molar-refractivity contribution in [3.63, 3.8) is 0 Å². The molecule has 2 aromatic rings. The number of phenolic OH excluding ortho intramolecular Hbond substituents is 1. The highest BCUT2D eigenvalue weighted by Gasteiger charge is 2.02. The average molecular weight is 233 g/mol. The molecule has 2 rings (SSSR count). The fourth-order valence-electron chi connectivity index (χ4n) is 1.40. The predicted octanol–water partition coefficient (Wildman–Crippen LogP) is 2.18. The largest absolute Gasteiger partial charge is 0.508 e. The van der Waals surface area contributed by atoms with Crippen molar-refractivity contribution in [3.8, 4) is 5.75 Å². The van der Waals surface area contributed by atoms with Crippen LogP contribution >= 0.6 is 11.3 Å². The number of rotatable bonds is 4. The third-order valence-electron chi connectivity index (χ3n) is 2.18. The first kappa shape index (κ1) is 10.8. The van der Waals surface area contributed by atoms with E-state index in [2.05, 4.69) is 4.98 Å². The molecular weight excluding hydrogens is 222 g/mol. The molecule has 4 heteroatoms. The van der Waals surface area contributed by atoms with Crippen LogP contribution in [0.2, 0.25) is 0 Å². The number of benzene rings is 1. The molecular formula is C12H11NO2S. The lowest BCUT2D eigenvalue weighted by Crippen LogP contribution is -1.89. The zero-order chi connectivity index (χ0) is 11.4. The summed E-state index contributed by atoms with van der Waals surface area (Å²) in [5, 5.41) is 12.0. The smallest absolute Gasteiger partial charge is 0.125 e. The number of nitrogens with zero attached hydrogens (tertiary/aromatic N) is 1. The molecule has 1 aromatic carbocycles. The van der Waals surface area contributed by atoms with Crippen molar-refractivity contribution in [2.24, 2.45) is 0 Å². The predicted molar refractivity (Wildman–Crippen MR) is 62.8 cm³/mol. The first-order chi connectivity index (χ1) is 7.78. The number of hydrogen-bond acceptors (Lipinski definition) is 4. The van der Waals surface area contributed by atoms with Crippen molar-refractivity contribution < 1.29 is 9.90 Å². The van der Waals surface area contributed by atoms with Crippen LogP contribution in [0.15, 0.2) is 29.6 Å². The van der Waals surface area contributed by atoms with Crippen LogP contribution in [-0.4, -0.2) is 16.4 Å². The molecule has 0 saturated heterocycles. The molecule has 1 N–H and O–H groups in total. The number of aldehydes is 1. The van der Waals surface area contributed by atoms with Crippen LogP contribution < -0.4 is 0 Å². The Kier molecular flexibility index (Phi) is 3.31. The van der Waals surface area contributed by atoms with Crippen molar-refractivity contribution in [2.45, 2.75) is 12.8 Å². The van der Waals surface area contributed by atoms with Gasteiger partial charge in [0.15, 0.2) is 0 Å². The van der Waals surface area contributed by atoms with E-state index in [1.807, 2.05) is 17.5 Å². The molecule has 0 atom stereocenters. The van der Waals surface area contributed by atoms with Gasteiger partial charge in [0, 0.05) is 18.2 Å². The molecule has 1 heterocycles. The van der Waals surface area contributed by atoms with E-state index in [9.17, 15) is 4.79 Å². The summed E-state index contributed by atoms with van der Waals surface area (Å²) in [7, 11) is 0. The van der Waals surface area contributed by atoms with Gasteiger partial charge in [-0.1, -0.05) is 12.1 Å². The number of carbonyl (C=O) groups is 1. The van der Waals surface area contributed by atoms with Crippen molar-refractivity contribution in [2.75, 3.05) is 0 Å². The highest BCUT2D eigenvalue weighted by molar-refractivity contribution is 7.09. The average Bonchev–Trinajstić information content (AvgIpc) is 2.70. The number of carbonyl (C=O) groups excluding carboxylic acids is 1. The number of thiazole rings is 1. The van der Waals surface area contributed by atoms with Gasteiger partial charge in [-0.15, -0.1) is 11.3 Å². The Bertz CT molecular complexity index is 476. The van der Waals surface area contributed by atoms with Crippen LogP contribution in [0.3, 0.4) is 0 Å². The Hall–Kier alpha value is -1.68. The van der Waals surface area contributed by atoms with E-state index in [4.69, 9.17) is 5.11 Å². The summed E-state index contributed by atoms with van der Waals surface area (Å²) < 4.78 is 0. The van der Waals surface area contributed by atoms with Gasteiger partial charge >= 0.3 is 0 Å². The van der Waals surface area contributed by atoms with Gasteiger partial charge in [0.05, 0.1) is 10.7 Å². The van der Waals surface area contributed by atoms with Crippen LogP contribution in [-0.2, 0) is 17.6 Å². The van der Waals surface area contributed by atoms with E-state index >= 15 is 0 Å². The first-order valence-corrected chi connectivity index (χ1v) is 5.80. The van der Waals surface area contributed by atoms with E-state index in [1.165, 1.54) is 0 Å². The maximum absolute atomic E-state index is 10.3. The highest BCUT2D eigenvalue weighted by atomic mass is 32.1. The molecule has 0 aliphatic rings. The van der Waals surface area contributed by atoms with E-state index < -0.39 is 0 Å². The molecule has 1 aromatic heterocycles. The minimum Gasteiger partial charge on any atom is -0.508 e. The summed E-state index contributed by atoms with van der Waals surface area (Å²) in [6, 6.07) is 7.07. The molecule has 16 heavy (non-hydrogen) atoms. The van der Waals surface area contributed by atoms with Gasteiger partial charge in [-0.2, -0.15) is 0 Å². The van der Waals surface area contributed by atoms with Crippen molar-refractivity contribution in [1.82, 2.24) is 4.98 Å². The summed E-state index contributed by atoms with van der Waals surface area (Å²) in [6.07, 6.45) is 1.98. The molecule has 0 radical (unpaired) electrons. The maximum atomic E-state index is 10.3. The van der Waals surface area contributed by atoms with E-state index in [1.54, 1.807) is 23.5 Å². The van der Waals surface area contributed by atoms with Crippen LogP contribution in [0, 0.1) is 0 Å². The fourth-order valence-corrected chi connectivity index (χ4v) is 2.24. The minimum atomic E-state index is 0.268. The lowest BCUT2D eigenvalue weighted by Gasteiger charge is -1.97. The topological polar surface area (TPSA) is 50.2 Å². The summed E-state index contributed by atoms with van der Waals surface area (Å²) in [5.41, 5.74) is 1.93. The summed E-state index contributed by atoms with van der Waals surface area (Å²) in [5.74, 6) is 0.268. The number of phenols is 1. The Labute approximate surface area is 97.4 Å². The van der Waals surface area contributed by atoms with Gasteiger partial charge in [0.1, 0.15) is 12.0 Å². The molecule has 0 aliphatic carbocycles. The monoisotopic (exact) mass is 233 g/mol. The van der Waals surface area contributed by atoms with Crippen LogP contribution in [0.25, 0.3) is 0 Å². The zero-order valence-corrected chi connectivity index (χ0v) is 9.41. The standard InChI is InChI=1S/C12H11NO2S/c14-6-5-10-8-16-12(13-10)7-9-1-3-11(15)4-2-9/h1-4,6,8,15H,5,7H2. The molecule has 0 spiro atoms. The Morgan fingerprint density at radius 3 is 2.75 bits per heavy atom. The lowest BCUT2D eigenvalue weighted by atomic mass is 10.1. The van der Waals surface area contributed by atoms with Gasteiger partial charge in [-0.25, -0.2) is 4.98 Å². The van der Waals surface area contributed by atoms with E-state index in [-0.39, 0.29) is 5.75 Å². The molecule has 0 saturated carbocycles. The maximum Gasteiger partial charge on any atom is 0.125 e. The third kappa shape index (κ3) is 2.67. The van der Waals surface area contributed by atoms with Gasteiger partial charge < -0.3 is 9.90 Å². The number of hydrogen-bond donors (Lipinski definition) is 1.